The fourth-order valence-corrected chi connectivity index (χ4v) is 4.49. The zero-order valence-electron chi connectivity index (χ0n) is 20.0. The van der Waals surface area contributed by atoms with Crippen molar-refractivity contribution in [2.75, 3.05) is 18.9 Å². The van der Waals surface area contributed by atoms with Gasteiger partial charge in [0.2, 0.25) is 5.95 Å². The predicted octanol–water partition coefficient (Wildman–Crippen LogP) is 0.732. The number of benzene rings is 1. The number of nitrogen functional groups attached to an aromatic ring is 1. The highest BCUT2D eigenvalue weighted by Gasteiger charge is 2.47. The van der Waals surface area contributed by atoms with E-state index < -0.39 is 38.4 Å². The van der Waals surface area contributed by atoms with E-state index in [9.17, 15) is 19.6 Å². The monoisotopic (exact) mass is 525 g/mol. The van der Waals surface area contributed by atoms with Crippen LogP contribution in [0.1, 0.15) is 20.8 Å². The van der Waals surface area contributed by atoms with E-state index in [1.54, 1.807) is 44.2 Å². The molecule has 14 nitrogen and oxygen atoms in total. The number of nitrogens with zero attached hydrogens (tertiary/aromatic N) is 3. The first-order valence-corrected chi connectivity index (χ1v) is 12.6. The molecule has 0 radical (unpaired) electrons. The Hall–Kier alpha value is -3.13. The highest BCUT2D eigenvalue weighted by molar-refractivity contribution is 7.58. The van der Waals surface area contributed by atoms with Gasteiger partial charge in [-0.05, 0) is 32.9 Å². The number of rotatable bonds is 13. The van der Waals surface area contributed by atoms with E-state index >= 15 is 0 Å². The standard InChI is InChI=1S/C21H29N6O8P/c1-13(2)34-20(30)14(3)26-36(31,35-15-7-5-4-6-8-15)33-10-16(9-28)32-12-27-11-23-17-18(27)24-21(22)25-19(17)29/h4-8,11,13-14,16,26,28,31H,9-10,12H2,1-3H3,(H2-,22,24,25,29)/p+1/t14-,16?,36?/m0/s1. The number of ether oxygens (including phenoxy) is 2. The summed E-state index contributed by atoms with van der Waals surface area (Å²) in [5.41, 5.74) is 5.37. The molecule has 0 spiro atoms. The smallest absolute Gasteiger partial charge is 0.462 e. The molecule has 0 amide bonds. The van der Waals surface area contributed by atoms with Crippen LogP contribution in [0.4, 0.5) is 5.95 Å². The van der Waals surface area contributed by atoms with Crippen LogP contribution in [0.5, 0.6) is 5.75 Å². The van der Waals surface area contributed by atoms with Gasteiger partial charge in [-0.1, -0.05) is 23.3 Å². The Morgan fingerprint density at radius 3 is 2.67 bits per heavy atom. The van der Waals surface area contributed by atoms with E-state index in [0.717, 1.165) is 0 Å². The number of nitrogens with one attached hydrogen (secondary N) is 2. The molecule has 2 unspecified atom stereocenters. The van der Waals surface area contributed by atoms with Crippen molar-refractivity contribution < 1.29 is 33.3 Å². The summed E-state index contributed by atoms with van der Waals surface area (Å²) in [5.74, 6) is -0.390. The summed E-state index contributed by atoms with van der Waals surface area (Å²) in [6.45, 7) is 3.97. The van der Waals surface area contributed by atoms with E-state index in [1.165, 1.54) is 17.8 Å². The minimum atomic E-state index is -3.88. The van der Waals surface area contributed by atoms with Crippen molar-refractivity contribution in [1.29, 1.82) is 0 Å². The second-order valence-electron chi connectivity index (χ2n) is 8.00. The van der Waals surface area contributed by atoms with Gasteiger partial charge in [-0.2, -0.15) is 14.4 Å². The number of carbonyl (C=O) groups excluding carboxylic acids is 1. The second kappa shape index (κ2) is 12.2. The van der Waals surface area contributed by atoms with Crippen LogP contribution in [0.25, 0.3) is 11.2 Å². The number of imidazole rings is 1. The van der Waals surface area contributed by atoms with E-state index in [0.29, 0.717) is 5.75 Å². The Labute approximate surface area is 207 Å². The van der Waals surface area contributed by atoms with E-state index in [-0.39, 0.29) is 36.6 Å². The summed E-state index contributed by atoms with van der Waals surface area (Å²) in [7, 11) is -3.88. The third-order valence-corrected chi connectivity index (χ3v) is 6.29. The molecular weight excluding hydrogens is 495 g/mol. The number of aromatic nitrogens is 4. The summed E-state index contributed by atoms with van der Waals surface area (Å²) >= 11 is 0. The van der Waals surface area contributed by atoms with Gasteiger partial charge >= 0.3 is 14.1 Å². The molecule has 6 N–H and O–H groups in total. The summed E-state index contributed by atoms with van der Waals surface area (Å²) in [4.78, 5) is 45.7. The van der Waals surface area contributed by atoms with Gasteiger partial charge in [-0.25, -0.2) is 4.98 Å². The zero-order valence-corrected chi connectivity index (χ0v) is 20.9. The highest BCUT2D eigenvalue weighted by atomic mass is 31.2. The van der Waals surface area contributed by atoms with Crippen LogP contribution in [0.2, 0.25) is 0 Å². The first kappa shape index (κ1) is 27.5. The molecule has 36 heavy (non-hydrogen) atoms. The van der Waals surface area contributed by atoms with Gasteiger partial charge in [0.05, 0.1) is 19.0 Å². The molecule has 15 heteroatoms. The molecule has 1 aromatic carbocycles. The normalized spacial score (nSPS) is 14.9. The molecule has 0 saturated carbocycles. The SMILES string of the molecule is CC(C)OC(=O)[C@H](C)N[P+](O)(OCC(CO)OCn1cnc2c(=O)[nH]c(N)nc21)Oc1ccccc1. The van der Waals surface area contributed by atoms with Crippen molar-refractivity contribution in [2.45, 2.75) is 45.8 Å². The van der Waals surface area contributed by atoms with Crippen LogP contribution in [0.15, 0.2) is 41.5 Å². The maximum absolute atomic E-state index is 12.3. The van der Waals surface area contributed by atoms with Crippen LogP contribution in [0, 0.1) is 0 Å². The first-order chi connectivity index (χ1) is 17.1. The van der Waals surface area contributed by atoms with Crippen molar-refractivity contribution in [1.82, 2.24) is 24.6 Å². The van der Waals surface area contributed by atoms with Gasteiger partial charge in [0.25, 0.3) is 5.56 Å². The van der Waals surface area contributed by atoms with Gasteiger partial charge in [0, 0.05) is 0 Å². The number of aliphatic hydroxyl groups excluding tert-OH is 1. The number of carbonyl (C=O) groups is 1. The lowest BCUT2D eigenvalue weighted by molar-refractivity contribution is -0.149. The molecule has 2 heterocycles. The fourth-order valence-electron chi connectivity index (χ4n) is 2.93. The topological polar surface area (TPSA) is 196 Å². The average molecular weight is 525 g/mol. The predicted molar refractivity (Wildman–Crippen MR) is 131 cm³/mol. The van der Waals surface area contributed by atoms with Gasteiger partial charge in [-0.15, -0.1) is 0 Å². The number of H-pyrrole nitrogens is 1. The number of para-hydroxylation sites is 1. The highest BCUT2D eigenvalue weighted by Crippen LogP contribution is 2.53. The molecule has 3 aromatic rings. The van der Waals surface area contributed by atoms with Crippen molar-refractivity contribution in [3.05, 3.63) is 47.0 Å². The molecule has 3 rings (SSSR count). The Balaban J connectivity index is 1.68. The maximum atomic E-state index is 12.3. The Morgan fingerprint density at radius 2 is 2.00 bits per heavy atom. The van der Waals surface area contributed by atoms with Crippen LogP contribution < -0.4 is 20.9 Å². The maximum Gasteiger partial charge on any atom is 0.544 e. The molecule has 0 bridgehead atoms. The summed E-state index contributed by atoms with van der Waals surface area (Å²) in [6, 6.07) is 7.44. The summed E-state index contributed by atoms with van der Waals surface area (Å²) in [6.07, 6.45) is 0.0657. The minimum Gasteiger partial charge on any atom is -0.462 e. The number of esters is 1. The van der Waals surface area contributed by atoms with Gasteiger partial charge in [-0.3, -0.25) is 23.7 Å². The van der Waals surface area contributed by atoms with E-state index in [2.05, 4.69) is 20.0 Å². The van der Waals surface area contributed by atoms with Crippen LogP contribution in [-0.4, -0.2) is 67.0 Å². The number of hydrogen-bond acceptors (Lipinski definition) is 12. The van der Waals surface area contributed by atoms with Crippen LogP contribution in [-0.2, 0) is 25.5 Å². The Morgan fingerprint density at radius 1 is 1.28 bits per heavy atom. The van der Waals surface area contributed by atoms with Crippen LogP contribution in [0.3, 0.4) is 0 Å². The number of aliphatic hydroxyl groups is 1. The lowest BCUT2D eigenvalue weighted by atomic mass is 10.3. The molecule has 0 aliphatic rings. The third-order valence-electron chi connectivity index (χ3n) is 4.62. The van der Waals surface area contributed by atoms with Crippen molar-refractivity contribution in [3.8, 4) is 5.75 Å². The molecule has 2 aromatic heterocycles. The lowest BCUT2D eigenvalue weighted by Gasteiger charge is -2.23. The molecular formula is C21H30N6O8P+. The molecule has 0 saturated heterocycles. The lowest BCUT2D eigenvalue weighted by Crippen LogP contribution is -2.39. The Kier molecular flexibility index (Phi) is 9.31. The van der Waals surface area contributed by atoms with E-state index in [4.69, 9.17) is 24.3 Å². The van der Waals surface area contributed by atoms with E-state index in [1.807, 2.05) is 0 Å². The van der Waals surface area contributed by atoms with Crippen LogP contribution >= 0.6 is 8.09 Å². The summed E-state index contributed by atoms with van der Waals surface area (Å²) < 4.78 is 23.6. The number of anilines is 1. The number of hydrogen-bond donors (Lipinski definition) is 5. The quantitative estimate of drug-likeness (QED) is 0.155. The zero-order chi connectivity index (χ0) is 26.3. The third kappa shape index (κ3) is 7.43. The Bertz CT molecular complexity index is 1210. The molecule has 0 fully saturated rings. The summed E-state index contributed by atoms with van der Waals surface area (Å²) in [5, 5.41) is 12.5. The minimum absolute atomic E-state index is 0.0765. The van der Waals surface area contributed by atoms with Crippen molar-refractivity contribution in [3.63, 3.8) is 0 Å². The van der Waals surface area contributed by atoms with Gasteiger partial charge in [0.15, 0.2) is 16.9 Å². The fraction of sp³-hybridized carbons (Fsp3) is 0.429. The molecule has 0 aliphatic heterocycles. The second-order valence-corrected chi connectivity index (χ2v) is 9.73. The van der Waals surface area contributed by atoms with Crippen molar-refractivity contribution in [2.24, 2.45) is 0 Å². The van der Waals surface area contributed by atoms with Gasteiger partial charge in [0.1, 0.15) is 25.5 Å². The average Bonchev–Trinajstić information content (AvgIpc) is 3.22. The largest absolute Gasteiger partial charge is 0.544 e. The molecule has 3 atom stereocenters. The van der Waals surface area contributed by atoms with Gasteiger partial charge < -0.3 is 20.3 Å². The van der Waals surface area contributed by atoms with Crippen molar-refractivity contribution >= 4 is 31.2 Å². The first-order valence-electron chi connectivity index (χ1n) is 11.0. The number of nitrogens with two attached hydrogens (primary N) is 1. The number of aromatic amines is 1. The molecule has 0 aliphatic carbocycles. The number of fused-ring (bicyclic) bond motifs is 1. The molecule has 196 valence electrons.